The minimum Gasteiger partial charge on any atom is -0.415 e. The molecule has 7 nitrogen and oxygen atoms in total. The van der Waals surface area contributed by atoms with E-state index in [0.29, 0.717) is 4.57 Å². The van der Waals surface area contributed by atoms with Crippen LogP contribution in [0.3, 0.4) is 0 Å². The summed E-state index contributed by atoms with van der Waals surface area (Å²) in [6, 6.07) is 1.21. The molecule has 0 spiro atoms. The number of hydrogen-bond acceptors (Lipinski definition) is 6. The van der Waals surface area contributed by atoms with Crippen LogP contribution in [0.15, 0.2) is 17.1 Å². The molecule has 2 heterocycles. The van der Waals surface area contributed by atoms with Crippen LogP contribution in [0.25, 0.3) is 0 Å². The fourth-order valence-corrected chi connectivity index (χ4v) is 2.71. The fraction of sp³-hybridized carbons (Fsp3) is 0.667. The van der Waals surface area contributed by atoms with E-state index >= 15 is 0 Å². The molecule has 0 aliphatic carbocycles. The number of aromatic nitrogens is 2. The second-order valence-corrected chi connectivity index (χ2v) is 10.6. The third-order valence-corrected chi connectivity index (χ3v) is 4.20. The number of anilines is 1. The molecule has 0 aromatic carbocycles. The number of alkyl halides is 2. The molecule has 0 saturated carbocycles. The summed E-state index contributed by atoms with van der Waals surface area (Å²) in [5, 5.41) is 9.79. The Labute approximate surface area is 126 Å². The molecule has 0 amide bonds. The van der Waals surface area contributed by atoms with E-state index in [2.05, 4.69) is 4.98 Å². The lowest BCUT2D eigenvalue weighted by atomic mass is 10.1. The van der Waals surface area contributed by atoms with Crippen LogP contribution >= 0.6 is 0 Å². The molecular formula is C12H19F2N3O4Si. The quantitative estimate of drug-likeness (QED) is 0.781. The summed E-state index contributed by atoms with van der Waals surface area (Å²) in [4.78, 5) is 15.1. The maximum atomic E-state index is 14.2. The van der Waals surface area contributed by atoms with Crippen LogP contribution in [0.5, 0.6) is 0 Å². The summed E-state index contributed by atoms with van der Waals surface area (Å²) in [5.74, 6) is -3.73. The standard InChI is InChI=1S/C12H19F2N3O4Si/c1-22(2,3)20-6-7-9(18)12(13,14)10(21-7)17-5-4-8(15)16-11(17)19/h4-5,7,9-10,18H,6H2,1-3H3,(H2,15,16,19). The first kappa shape index (κ1) is 17.0. The van der Waals surface area contributed by atoms with Crippen molar-refractivity contribution in [3.8, 4) is 0 Å². The summed E-state index contributed by atoms with van der Waals surface area (Å²) >= 11 is 0. The van der Waals surface area contributed by atoms with Gasteiger partial charge in [0.1, 0.15) is 11.9 Å². The maximum absolute atomic E-state index is 14.2. The molecule has 1 aliphatic heterocycles. The number of ether oxygens (including phenoxy) is 1. The van der Waals surface area contributed by atoms with Gasteiger partial charge >= 0.3 is 11.6 Å². The molecule has 1 saturated heterocycles. The van der Waals surface area contributed by atoms with Crippen molar-refractivity contribution in [2.24, 2.45) is 0 Å². The number of aliphatic hydroxyl groups excluding tert-OH is 1. The van der Waals surface area contributed by atoms with Crippen molar-refractivity contribution < 1.29 is 23.1 Å². The van der Waals surface area contributed by atoms with Crippen molar-refractivity contribution in [1.29, 1.82) is 0 Å². The van der Waals surface area contributed by atoms with Gasteiger partial charge in [-0.1, -0.05) is 0 Å². The first-order valence-electron chi connectivity index (χ1n) is 6.72. The Balaban J connectivity index is 2.24. The third-order valence-electron chi connectivity index (χ3n) is 3.16. The molecule has 1 fully saturated rings. The molecule has 10 heteroatoms. The highest BCUT2D eigenvalue weighted by molar-refractivity contribution is 6.69. The zero-order valence-electron chi connectivity index (χ0n) is 12.5. The Morgan fingerprint density at radius 1 is 1.55 bits per heavy atom. The molecule has 3 unspecified atom stereocenters. The zero-order valence-corrected chi connectivity index (χ0v) is 13.5. The van der Waals surface area contributed by atoms with Gasteiger partial charge in [0.25, 0.3) is 0 Å². The van der Waals surface area contributed by atoms with E-state index in [1.165, 1.54) is 6.07 Å². The second-order valence-electron chi connectivity index (χ2n) is 6.11. The number of rotatable bonds is 4. The van der Waals surface area contributed by atoms with Gasteiger partial charge < -0.3 is 20.0 Å². The molecule has 0 bridgehead atoms. The minimum atomic E-state index is -3.64. The van der Waals surface area contributed by atoms with Gasteiger partial charge in [-0.15, -0.1) is 0 Å². The number of nitrogens with two attached hydrogens (primary N) is 1. The van der Waals surface area contributed by atoms with E-state index in [0.717, 1.165) is 6.20 Å². The third kappa shape index (κ3) is 3.34. The lowest BCUT2D eigenvalue weighted by molar-refractivity contribution is -0.140. The van der Waals surface area contributed by atoms with Gasteiger partial charge in [-0.3, -0.25) is 4.57 Å². The number of hydrogen-bond donors (Lipinski definition) is 2. The molecule has 1 aromatic heterocycles. The number of aliphatic hydroxyl groups is 1. The predicted octanol–water partition coefficient (Wildman–Crippen LogP) is 0.571. The normalized spacial score (nSPS) is 28.0. The van der Waals surface area contributed by atoms with Gasteiger partial charge in [0.05, 0.1) is 6.61 Å². The van der Waals surface area contributed by atoms with Crippen molar-refractivity contribution in [1.82, 2.24) is 9.55 Å². The average Bonchev–Trinajstić information content (AvgIpc) is 2.59. The van der Waals surface area contributed by atoms with E-state index < -0.39 is 38.4 Å². The first-order chi connectivity index (χ1) is 10.0. The molecule has 22 heavy (non-hydrogen) atoms. The summed E-state index contributed by atoms with van der Waals surface area (Å²) < 4.78 is 39.7. The van der Waals surface area contributed by atoms with Crippen LogP contribution < -0.4 is 11.4 Å². The zero-order chi connectivity index (χ0) is 16.7. The first-order valence-corrected chi connectivity index (χ1v) is 10.1. The van der Waals surface area contributed by atoms with Gasteiger partial charge in [0.15, 0.2) is 14.4 Å². The number of halogens is 2. The van der Waals surface area contributed by atoms with Crippen molar-refractivity contribution >= 4 is 14.1 Å². The molecular weight excluding hydrogens is 316 g/mol. The van der Waals surface area contributed by atoms with E-state index in [1.807, 2.05) is 19.6 Å². The Morgan fingerprint density at radius 3 is 2.73 bits per heavy atom. The highest BCUT2D eigenvalue weighted by atomic mass is 28.4. The van der Waals surface area contributed by atoms with Crippen LogP contribution in [0.2, 0.25) is 19.6 Å². The monoisotopic (exact) mass is 335 g/mol. The van der Waals surface area contributed by atoms with Gasteiger partial charge in [0, 0.05) is 6.20 Å². The van der Waals surface area contributed by atoms with Crippen molar-refractivity contribution in [2.45, 2.75) is 44.0 Å². The minimum absolute atomic E-state index is 0.0817. The van der Waals surface area contributed by atoms with E-state index in [1.54, 1.807) is 0 Å². The molecule has 1 aliphatic rings. The Bertz CT molecular complexity index is 605. The Kier molecular flexibility index (Phi) is 4.39. The lowest BCUT2D eigenvalue weighted by Gasteiger charge is -2.22. The maximum Gasteiger partial charge on any atom is 0.351 e. The Hall–Kier alpha value is -1.36. The van der Waals surface area contributed by atoms with Crippen molar-refractivity contribution in [3.05, 3.63) is 22.7 Å². The molecule has 0 radical (unpaired) electrons. The fourth-order valence-electron chi connectivity index (χ4n) is 2.04. The van der Waals surface area contributed by atoms with Gasteiger partial charge in [-0.25, -0.2) is 4.79 Å². The molecule has 3 N–H and O–H groups in total. The molecule has 3 atom stereocenters. The topological polar surface area (TPSA) is 99.6 Å². The van der Waals surface area contributed by atoms with Gasteiger partial charge in [-0.05, 0) is 25.7 Å². The number of nitrogen functional groups attached to an aromatic ring is 1. The van der Waals surface area contributed by atoms with Crippen LogP contribution in [0.4, 0.5) is 14.6 Å². The summed E-state index contributed by atoms with van der Waals surface area (Å²) in [6.45, 7) is 5.50. The summed E-state index contributed by atoms with van der Waals surface area (Å²) in [5.41, 5.74) is 4.36. The smallest absolute Gasteiger partial charge is 0.351 e. The number of nitrogens with zero attached hydrogens (tertiary/aromatic N) is 2. The highest BCUT2D eigenvalue weighted by Crippen LogP contribution is 2.42. The summed E-state index contributed by atoms with van der Waals surface area (Å²) in [6.07, 6.45) is -4.18. The summed E-state index contributed by atoms with van der Waals surface area (Å²) in [7, 11) is -1.95. The predicted molar refractivity (Wildman–Crippen MR) is 77.1 cm³/mol. The van der Waals surface area contributed by atoms with Gasteiger partial charge in [-0.2, -0.15) is 13.8 Å². The molecule has 2 rings (SSSR count). The SMILES string of the molecule is C[Si](C)(C)OCC1OC(n2ccc(N)nc2=O)C(F)(F)C1O. The van der Waals surface area contributed by atoms with Crippen LogP contribution in [0.1, 0.15) is 6.23 Å². The van der Waals surface area contributed by atoms with Gasteiger partial charge in [0.2, 0.25) is 6.23 Å². The molecule has 124 valence electrons. The highest BCUT2D eigenvalue weighted by Gasteiger charge is 2.59. The second kappa shape index (κ2) is 5.69. The average molecular weight is 335 g/mol. The van der Waals surface area contributed by atoms with E-state index in [-0.39, 0.29) is 12.4 Å². The van der Waals surface area contributed by atoms with Crippen LogP contribution in [-0.2, 0) is 9.16 Å². The largest absolute Gasteiger partial charge is 0.415 e. The van der Waals surface area contributed by atoms with E-state index in [4.69, 9.17) is 14.9 Å². The van der Waals surface area contributed by atoms with Crippen molar-refractivity contribution in [2.75, 3.05) is 12.3 Å². The van der Waals surface area contributed by atoms with Crippen LogP contribution in [0, 0.1) is 0 Å². The van der Waals surface area contributed by atoms with E-state index in [9.17, 15) is 18.7 Å². The van der Waals surface area contributed by atoms with Crippen molar-refractivity contribution in [3.63, 3.8) is 0 Å². The Morgan fingerprint density at radius 2 is 2.18 bits per heavy atom. The van der Waals surface area contributed by atoms with Crippen LogP contribution in [-0.4, -0.2) is 47.7 Å². The molecule has 1 aromatic rings. The lowest BCUT2D eigenvalue weighted by Crippen LogP contribution is -2.42.